The zero-order chi connectivity index (χ0) is 14.3. The lowest BCUT2D eigenvalue weighted by Gasteiger charge is -2.14. The average Bonchev–Trinajstić information content (AvgIpc) is 2.32. The summed E-state index contributed by atoms with van der Waals surface area (Å²) in [5, 5.41) is 0. The maximum Gasteiger partial charge on any atom is 0.411 e. The third kappa shape index (κ3) is 6.47. The van der Waals surface area contributed by atoms with E-state index >= 15 is 0 Å². The van der Waals surface area contributed by atoms with Crippen molar-refractivity contribution in [1.82, 2.24) is 0 Å². The van der Waals surface area contributed by atoms with Crippen LogP contribution in [0.2, 0.25) is 0 Å². The molecule has 0 aliphatic heterocycles. The summed E-state index contributed by atoms with van der Waals surface area (Å²) in [6.07, 6.45) is -3.83. The zero-order valence-electron chi connectivity index (χ0n) is 11.2. The van der Waals surface area contributed by atoms with Crippen molar-refractivity contribution in [3.05, 3.63) is 29.8 Å². The van der Waals surface area contributed by atoms with Crippen molar-refractivity contribution in [2.45, 2.75) is 32.4 Å². The molecule has 5 heteroatoms. The van der Waals surface area contributed by atoms with Gasteiger partial charge in [-0.25, -0.2) is 0 Å². The van der Waals surface area contributed by atoms with Gasteiger partial charge in [-0.2, -0.15) is 13.2 Å². The van der Waals surface area contributed by atoms with Crippen molar-refractivity contribution in [1.29, 1.82) is 0 Å². The van der Waals surface area contributed by atoms with Crippen LogP contribution >= 0.6 is 0 Å². The number of benzene rings is 1. The molecule has 0 heterocycles. The number of para-hydroxylation sites is 1. The fourth-order valence-corrected chi connectivity index (χ4v) is 1.62. The molecule has 0 N–H and O–H groups in total. The second-order valence-corrected chi connectivity index (χ2v) is 4.56. The van der Waals surface area contributed by atoms with Gasteiger partial charge in [0, 0.05) is 6.42 Å². The quantitative estimate of drug-likeness (QED) is 0.696. The second-order valence-electron chi connectivity index (χ2n) is 4.56. The lowest BCUT2D eigenvalue weighted by Crippen LogP contribution is -2.18. The van der Waals surface area contributed by atoms with E-state index in [-0.39, 0.29) is 6.61 Å². The first kappa shape index (κ1) is 15.8. The Hall–Kier alpha value is -1.23. The second kappa shape index (κ2) is 7.38. The third-order valence-corrected chi connectivity index (χ3v) is 2.50. The molecule has 108 valence electrons. The van der Waals surface area contributed by atoms with E-state index in [2.05, 4.69) is 18.6 Å². The Morgan fingerprint density at radius 1 is 1.11 bits per heavy atom. The monoisotopic (exact) mass is 276 g/mol. The molecular formula is C14H19F3O2. The van der Waals surface area contributed by atoms with Gasteiger partial charge in [0.15, 0.2) is 0 Å². The Bertz CT molecular complexity index is 375. The highest BCUT2D eigenvalue weighted by Crippen LogP contribution is 2.25. The van der Waals surface area contributed by atoms with Crippen LogP contribution in [0.1, 0.15) is 31.7 Å². The van der Waals surface area contributed by atoms with Gasteiger partial charge in [-0.15, -0.1) is 0 Å². The molecule has 1 rings (SSSR count). The highest BCUT2D eigenvalue weighted by atomic mass is 19.4. The van der Waals surface area contributed by atoms with Crippen LogP contribution < -0.4 is 4.74 Å². The van der Waals surface area contributed by atoms with Gasteiger partial charge >= 0.3 is 6.18 Å². The normalized spacial score (nSPS) is 11.9. The maximum absolute atomic E-state index is 11.8. The van der Waals surface area contributed by atoms with Crippen LogP contribution in [0.4, 0.5) is 13.2 Å². The van der Waals surface area contributed by atoms with Crippen molar-refractivity contribution in [3.8, 4) is 5.75 Å². The van der Waals surface area contributed by atoms with E-state index in [0.717, 1.165) is 11.3 Å². The molecule has 0 aliphatic rings. The van der Waals surface area contributed by atoms with Gasteiger partial charge in [-0.1, -0.05) is 32.0 Å². The summed E-state index contributed by atoms with van der Waals surface area (Å²) in [5.74, 6) is 1.13. The SMILES string of the molecule is CC(C)c1ccccc1OCCCOCC(F)(F)F. The number of hydrogen-bond donors (Lipinski definition) is 0. The first-order chi connectivity index (χ1) is 8.90. The number of rotatable bonds is 7. The van der Waals surface area contributed by atoms with Crippen LogP contribution in [0.5, 0.6) is 5.75 Å². The zero-order valence-corrected chi connectivity index (χ0v) is 11.2. The molecule has 0 aliphatic carbocycles. The molecule has 0 atom stereocenters. The Balaban J connectivity index is 2.26. The van der Waals surface area contributed by atoms with E-state index < -0.39 is 12.8 Å². The van der Waals surface area contributed by atoms with Crippen molar-refractivity contribution in [2.75, 3.05) is 19.8 Å². The van der Waals surface area contributed by atoms with E-state index in [4.69, 9.17) is 4.74 Å². The molecular weight excluding hydrogens is 257 g/mol. The molecule has 0 fully saturated rings. The Kier molecular flexibility index (Phi) is 6.15. The topological polar surface area (TPSA) is 18.5 Å². The van der Waals surface area contributed by atoms with Gasteiger partial charge in [0.2, 0.25) is 0 Å². The van der Waals surface area contributed by atoms with Gasteiger partial charge in [-0.05, 0) is 17.5 Å². The standard InChI is InChI=1S/C14H19F3O2/c1-11(2)12-6-3-4-7-13(12)19-9-5-8-18-10-14(15,16)17/h3-4,6-7,11H,5,8-10H2,1-2H3. The smallest absolute Gasteiger partial charge is 0.411 e. The molecule has 0 amide bonds. The summed E-state index contributed by atoms with van der Waals surface area (Å²) in [7, 11) is 0. The lowest BCUT2D eigenvalue weighted by molar-refractivity contribution is -0.174. The van der Waals surface area contributed by atoms with Crippen LogP contribution in [0.3, 0.4) is 0 Å². The molecule has 0 spiro atoms. The van der Waals surface area contributed by atoms with Gasteiger partial charge in [0.25, 0.3) is 0 Å². The molecule has 1 aromatic rings. The first-order valence-corrected chi connectivity index (χ1v) is 6.26. The van der Waals surface area contributed by atoms with E-state index in [0.29, 0.717) is 18.9 Å². The Labute approximate surface area is 111 Å². The van der Waals surface area contributed by atoms with Crippen LogP contribution in [0.25, 0.3) is 0 Å². The Morgan fingerprint density at radius 2 is 1.79 bits per heavy atom. The molecule has 0 unspecified atom stereocenters. The first-order valence-electron chi connectivity index (χ1n) is 6.26. The molecule has 0 radical (unpaired) electrons. The van der Waals surface area contributed by atoms with Gasteiger partial charge in [0.1, 0.15) is 12.4 Å². The molecule has 1 aromatic carbocycles. The fourth-order valence-electron chi connectivity index (χ4n) is 1.62. The number of alkyl halides is 3. The van der Waals surface area contributed by atoms with Crippen LogP contribution in [0, 0.1) is 0 Å². The minimum Gasteiger partial charge on any atom is -0.493 e. The summed E-state index contributed by atoms with van der Waals surface area (Å²) >= 11 is 0. The van der Waals surface area contributed by atoms with Crippen molar-refractivity contribution < 1.29 is 22.6 Å². The van der Waals surface area contributed by atoms with Crippen LogP contribution in [-0.4, -0.2) is 26.0 Å². The Morgan fingerprint density at radius 3 is 2.42 bits per heavy atom. The lowest BCUT2D eigenvalue weighted by atomic mass is 10.0. The van der Waals surface area contributed by atoms with E-state index in [1.165, 1.54) is 0 Å². The number of hydrogen-bond acceptors (Lipinski definition) is 2. The highest BCUT2D eigenvalue weighted by molar-refractivity contribution is 5.35. The van der Waals surface area contributed by atoms with Crippen molar-refractivity contribution in [3.63, 3.8) is 0 Å². The highest BCUT2D eigenvalue weighted by Gasteiger charge is 2.27. The molecule has 2 nitrogen and oxygen atoms in total. The third-order valence-electron chi connectivity index (χ3n) is 2.50. The molecule has 19 heavy (non-hydrogen) atoms. The molecule has 0 aromatic heterocycles. The van der Waals surface area contributed by atoms with Gasteiger partial charge in [-0.3, -0.25) is 0 Å². The van der Waals surface area contributed by atoms with Crippen LogP contribution in [-0.2, 0) is 4.74 Å². The molecule has 0 bridgehead atoms. The number of halogens is 3. The van der Waals surface area contributed by atoms with E-state index in [9.17, 15) is 13.2 Å². The van der Waals surface area contributed by atoms with E-state index in [1.807, 2.05) is 24.3 Å². The van der Waals surface area contributed by atoms with Crippen molar-refractivity contribution >= 4 is 0 Å². The summed E-state index contributed by atoms with van der Waals surface area (Å²) < 4.78 is 45.5. The van der Waals surface area contributed by atoms with Crippen molar-refractivity contribution in [2.24, 2.45) is 0 Å². The van der Waals surface area contributed by atoms with Crippen LogP contribution in [0.15, 0.2) is 24.3 Å². The van der Waals surface area contributed by atoms with Gasteiger partial charge < -0.3 is 9.47 Å². The maximum atomic E-state index is 11.8. The predicted molar refractivity (Wildman–Crippen MR) is 67.5 cm³/mol. The number of ether oxygens (including phenoxy) is 2. The minimum atomic E-state index is -4.26. The molecule has 0 saturated heterocycles. The average molecular weight is 276 g/mol. The van der Waals surface area contributed by atoms with E-state index in [1.54, 1.807) is 0 Å². The molecule has 0 saturated carbocycles. The fraction of sp³-hybridized carbons (Fsp3) is 0.571. The summed E-state index contributed by atoms with van der Waals surface area (Å²) in [5.41, 5.74) is 1.10. The minimum absolute atomic E-state index is 0.0450. The predicted octanol–water partition coefficient (Wildman–Crippen LogP) is 4.16. The van der Waals surface area contributed by atoms with Gasteiger partial charge in [0.05, 0.1) is 13.2 Å². The largest absolute Gasteiger partial charge is 0.493 e. The summed E-state index contributed by atoms with van der Waals surface area (Å²) in [6, 6.07) is 7.67. The summed E-state index contributed by atoms with van der Waals surface area (Å²) in [4.78, 5) is 0. The summed E-state index contributed by atoms with van der Waals surface area (Å²) in [6.45, 7) is 3.32.